The van der Waals surface area contributed by atoms with Gasteiger partial charge < -0.3 is 15.5 Å². The Balaban J connectivity index is 2.20. The maximum atomic E-state index is 12.8. The number of nitrogens with two attached hydrogens (primary N) is 1. The molecule has 0 saturated heterocycles. The van der Waals surface area contributed by atoms with E-state index in [4.69, 9.17) is 22.1 Å². The third kappa shape index (κ3) is 2.14. The van der Waals surface area contributed by atoms with E-state index >= 15 is 0 Å². The molecule has 2 aromatic carbocycles. The lowest BCUT2D eigenvalue weighted by Crippen LogP contribution is -2.05. The molecule has 0 atom stereocenters. The third-order valence-electron chi connectivity index (χ3n) is 3.39. The summed E-state index contributed by atoms with van der Waals surface area (Å²) in [7, 11) is 1.49. The largest absolute Gasteiger partial charge is 0.494 e. The van der Waals surface area contributed by atoms with Crippen LogP contribution in [0.2, 0.25) is 5.02 Å². The quantitative estimate of drug-likeness (QED) is 0.573. The van der Waals surface area contributed by atoms with Crippen LogP contribution < -0.4 is 10.5 Å². The number of nitrogens with one attached hydrogen (secondary N) is 1. The van der Waals surface area contributed by atoms with E-state index in [9.17, 15) is 4.79 Å². The van der Waals surface area contributed by atoms with E-state index in [0.717, 1.165) is 5.52 Å². The van der Waals surface area contributed by atoms with Gasteiger partial charge in [0.25, 0.3) is 0 Å². The van der Waals surface area contributed by atoms with Gasteiger partial charge in [-0.15, -0.1) is 0 Å². The summed E-state index contributed by atoms with van der Waals surface area (Å²) in [5, 5.41) is 1.23. The minimum atomic E-state index is -0.182. The van der Waals surface area contributed by atoms with Gasteiger partial charge in [-0.1, -0.05) is 23.7 Å². The number of anilines is 1. The van der Waals surface area contributed by atoms with E-state index in [0.29, 0.717) is 33.0 Å². The van der Waals surface area contributed by atoms with Gasteiger partial charge in [-0.25, -0.2) is 0 Å². The molecule has 0 bridgehead atoms. The molecule has 21 heavy (non-hydrogen) atoms. The highest BCUT2D eigenvalue weighted by molar-refractivity contribution is 6.37. The number of rotatable bonds is 3. The van der Waals surface area contributed by atoms with Crippen LogP contribution in [-0.4, -0.2) is 17.9 Å². The molecule has 0 aliphatic heterocycles. The standard InChI is InChI=1S/C16H13ClN2O2/c1-21-16-9(4-2-6-12(16)18)15(20)10-8-19-13-7-3-5-11(17)14(10)13/h2-8,19H,18H2,1H3. The number of nitrogen functional groups attached to an aromatic ring is 1. The van der Waals surface area contributed by atoms with Crippen LogP contribution >= 0.6 is 11.6 Å². The topological polar surface area (TPSA) is 68.1 Å². The molecule has 3 aromatic rings. The SMILES string of the molecule is COc1c(N)cccc1C(=O)c1c[nH]c2cccc(Cl)c12. The summed E-state index contributed by atoms with van der Waals surface area (Å²) in [6, 6.07) is 10.6. The number of para-hydroxylation sites is 1. The van der Waals surface area contributed by atoms with Crippen molar-refractivity contribution in [2.45, 2.75) is 0 Å². The minimum absolute atomic E-state index is 0.182. The lowest BCUT2D eigenvalue weighted by Gasteiger charge is -2.09. The molecule has 1 heterocycles. The van der Waals surface area contributed by atoms with Gasteiger partial charge in [0.05, 0.1) is 23.4 Å². The molecule has 0 radical (unpaired) electrons. The molecule has 3 rings (SSSR count). The van der Waals surface area contributed by atoms with Gasteiger partial charge >= 0.3 is 0 Å². The van der Waals surface area contributed by atoms with Crippen LogP contribution in [-0.2, 0) is 0 Å². The molecule has 0 fully saturated rings. The molecule has 0 aliphatic carbocycles. The maximum Gasteiger partial charge on any atom is 0.199 e. The molecule has 3 N–H and O–H groups in total. The highest BCUT2D eigenvalue weighted by atomic mass is 35.5. The Hall–Kier alpha value is -2.46. The zero-order chi connectivity index (χ0) is 15.0. The van der Waals surface area contributed by atoms with Crippen LogP contribution in [0, 0.1) is 0 Å². The van der Waals surface area contributed by atoms with Crippen LogP contribution in [0.4, 0.5) is 5.69 Å². The Kier molecular flexibility index (Phi) is 3.31. The van der Waals surface area contributed by atoms with Crippen molar-refractivity contribution in [1.29, 1.82) is 0 Å². The number of carbonyl (C=O) groups is 1. The highest BCUT2D eigenvalue weighted by Gasteiger charge is 2.20. The van der Waals surface area contributed by atoms with Crippen molar-refractivity contribution in [2.24, 2.45) is 0 Å². The second-order valence-corrected chi connectivity index (χ2v) is 5.03. The number of benzene rings is 2. The van der Waals surface area contributed by atoms with E-state index in [1.807, 2.05) is 12.1 Å². The third-order valence-corrected chi connectivity index (χ3v) is 3.71. The molecule has 0 amide bonds. The van der Waals surface area contributed by atoms with Gasteiger partial charge in [-0.05, 0) is 24.3 Å². The molecule has 4 nitrogen and oxygen atoms in total. The van der Waals surface area contributed by atoms with Crippen molar-refractivity contribution in [3.05, 3.63) is 58.7 Å². The first-order chi connectivity index (χ1) is 10.1. The summed E-state index contributed by atoms with van der Waals surface area (Å²) in [5.41, 5.74) is 8.01. The van der Waals surface area contributed by atoms with E-state index < -0.39 is 0 Å². The van der Waals surface area contributed by atoms with Gasteiger partial charge in [-0.3, -0.25) is 4.79 Å². The summed E-state index contributed by atoms with van der Waals surface area (Å²) in [6.07, 6.45) is 1.65. The molecule has 0 aliphatic rings. The summed E-state index contributed by atoms with van der Waals surface area (Å²) in [4.78, 5) is 15.8. The number of ketones is 1. The van der Waals surface area contributed by atoms with Crippen LogP contribution in [0.5, 0.6) is 5.75 Å². The first-order valence-electron chi connectivity index (χ1n) is 6.36. The summed E-state index contributed by atoms with van der Waals surface area (Å²) < 4.78 is 5.25. The maximum absolute atomic E-state index is 12.8. The molecule has 106 valence electrons. The second-order valence-electron chi connectivity index (χ2n) is 4.62. The van der Waals surface area contributed by atoms with Crippen molar-refractivity contribution in [3.63, 3.8) is 0 Å². The van der Waals surface area contributed by atoms with E-state index in [1.54, 1.807) is 30.5 Å². The number of hydrogen-bond acceptors (Lipinski definition) is 3. The number of aromatic amines is 1. The highest BCUT2D eigenvalue weighted by Crippen LogP contribution is 2.32. The van der Waals surface area contributed by atoms with Crippen LogP contribution in [0.3, 0.4) is 0 Å². The predicted molar refractivity (Wildman–Crippen MR) is 84.1 cm³/mol. The first kappa shape index (κ1) is 13.5. The Labute approximate surface area is 126 Å². The van der Waals surface area contributed by atoms with Crippen LogP contribution in [0.1, 0.15) is 15.9 Å². The summed E-state index contributed by atoms with van der Waals surface area (Å²) >= 11 is 6.21. The number of ether oxygens (including phenoxy) is 1. The fourth-order valence-corrected chi connectivity index (χ4v) is 2.70. The van der Waals surface area contributed by atoms with Gasteiger partial charge in [0, 0.05) is 22.7 Å². The molecule has 0 unspecified atom stereocenters. The van der Waals surface area contributed by atoms with Crippen LogP contribution in [0.25, 0.3) is 10.9 Å². The number of fused-ring (bicyclic) bond motifs is 1. The van der Waals surface area contributed by atoms with Crippen molar-refractivity contribution in [2.75, 3.05) is 12.8 Å². The average molecular weight is 301 g/mol. The van der Waals surface area contributed by atoms with Crippen LogP contribution in [0.15, 0.2) is 42.6 Å². The number of hydrogen-bond donors (Lipinski definition) is 2. The number of H-pyrrole nitrogens is 1. The van der Waals surface area contributed by atoms with Gasteiger partial charge in [0.15, 0.2) is 11.5 Å². The van der Waals surface area contributed by atoms with Gasteiger partial charge in [0.2, 0.25) is 0 Å². The lowest BCUT2D eigenvalue weighted by atomic mass is 10.0. The smallest absolute Gasteiger partial charge is 0.199 e. The lowest BCUT2D eigenvalue weighted by molar-refractivity contribution is 0.103. The Morgan fingerprint density at radius 3 is 2.71 bits per heavy atom. The van der Waals surface area contributed by atoms with E-state index in [1.165, 1.54) is 7.11 Å². The molecule has 1 aromatic heterocycles. The van der Waals surface area contributed by atoms with Crippen molar-refractivity contribution < 1.29 is 9.53 Å². The zero-order valence-electron chi connectivity index (χ0n) is 11.3. The Morgan fingerprint density at radius 1 is 1.19 bits per heavy atom. The predicted octanol–water partition coefficient (Wildman–Crippen LogP) is 3.64. The normalized spacial score (nSPS) is 10.8. The Bertz CT molecular complexity index is 839. The fourth-order valence-electron chi connectivity index (χ4n) is 2.43. The van der Waals surface area contributed by atoms with Crippen molar-refractivity contribution in [1.82, 2.24) is 4.98 Å². The fraction of sp³-hybridized carbons (Fsp3) is 0.0625. The zero-order valence-corrected chi connectivity index (χ0v) is 12.1. The first-order valence-corrected chi connectivity index (χ1v) is 6.74. The minimum Gasteiger partial charge on any atom is -0.494 e. The summed E-state index contributed by atoms with van der Waals surface area (Å²) in [6.45, 7) is 0. The van der Waals surface area contributed by atoms with Gasteiger partial charge in [0.1, 0.15) is 0 Å². The number of halogens is 1. The molecule has 0 spiro atoms. The number of aromatic nitrogens is 1. The Morgan fingerprint density at radius 2 is 1.95 bits per heavy atom. The van der Waals surface area contributed by atoms with E-state index in [-0.39, 0.29) is 5.78 Å². The second kappa shape index (κ2) is 5.14. The number of methoxy groups -OCH3 is 1. The average Bonchev–Trinajstić information content (AvgIpc) is 2.91. The molecular formula is C16H13ClN2O2. The van der Waals surface area contributed by atoms with E-state index in [2.05, 4.69) is 4.98 Å². The molecule has 5 heteroatoms. The summed E-state index contributed by atoms with van der Waals surface area (Å²) in [5.74, 6) is 0.197. The molecular weight excluding hydrogens is 288 g/mol. The monoisotopic (exact) mass is 300 g/mol. The van der Waals surface area contributed by atoms with Crippen molar-refractivity contribution in [3.8, 4) is 5.75 Å². The molecule has 0 saturated carbocycles. The van der Waals surface area contributed by atoms with Crippen molar-refractivity contribution >= 4 is 34.0 Å². The van der Waals surface area contributed by atoms with Gasteiger partial charge in [-0.2, -0.15) is 0 Å². The number of carbonyl (C=O) groups excluding carboxylic acids is 1.